The number of benzene rings is 1. The smallest absolute Gasteiger partial charge is 0.416 e. The van der Waals surface area contributed by atoms with Crippen molar-refractivity contribution in [1.29, 1.82) is 0 Å². The van der Waals surface area contributed by atoms with Crippen molar-refractivity contribution in [2.24, 2.45) is 7.05 Å². The quantitative estimate of drug-likeness (QED) is 0.724. The van der Waals surface area contributed by atoms with Gasteiger partial charge in [0.1, 0.15) is 22.8 Å². The maximum atomic E-state index is 12.9. The highest BCUT2D eigenvalue weighted by Gasteiger charge is 2.31. The predicted octanol–water partition coefficient (Wildman–Crippen LogP) is 4.07. The summed E-state index contributed by atoms with van der Waals surface area (Å²) in [5.41, 5.74) is -0.0735. The molecule has 0 unspecified atom stereocenters. The van der Waals surface area contributed by atoms with Gasteiger partial charge in [0, 0.05) is 25.0 Å². The summed E-state index contributed by atoms with van der Waals surface area (Å²) in [5, 5.41) is 9.37. The molecule has 9 heteroatoms. The van der Waals surface area contributed by atoms with E-state index in [9.17, 15) is 22.8 Å². The summed E-state index contributed by atoms with van der Waals surface area (Å²) in [6, 6.07) is 6.04. The van der Waals surface area contributed by atoms with Crippen molar-refractivity contribution >= 4 is 22.8 Å². The average Bonchev–Trinajstić information content (AvgIpc) is 3.13. The molecule has 0 saturated carbocycles. The molecular weight excluding hydrogens is 377 g/mol. The minimum Gasteiger partial charge on any atom is -0.478 e. The van der Waals surface area contributed by atoms with Crippen LogP contribution in [-0.2, 0) is 19.8 Å². The molecule has 2 heterocycles. The maximum Gasteiger partial charge on any atom is 0.416 e. The molecule has 0 radical (unpaired) electrons. The van der Waals surface area contributed by atoms with Crippen LogP contribution in [0.25, 0.3) is 10.9 Å². The van der Waals surface area contributed by atoms with Gasteiger partial charge in [0.05, 0.1) is 12.1 Å². The second-order valence-electron chi connectivity index (χ2n) is 6.51. The standard InChI is InChI=1S/C19H17F3N2O4/c1-10-14(18(26)27)8-13(28-10)9-23(2)17(25)16-7-11-6-12(19(20,21)22)4-5-15(11)24(16)3/h4-8H,9H2,1-3H3,(H,26,27). The number of alkyl halides is 3. The Balaban J connectivity index is 1.89. The van der Waals surface area contributed by atoms with Crippen LogP contribution in [0.5, 0.6) is 0 Å². The van der Waals surface area contributed by atoms with Crippen LogP contribution >= 0.6 is 0 Å². The number of nitrogens with zero attached hydrogens (tertiary/aromatic N) is 2. The van der Waals surface area contributed by atoms with E-state index in [0.29, 0.717) is 16.7 Å². The van der Waals surface area contributed by atoms with Crippen molar-refractivity contribution in [3.05, 3.63) is 58.7 Å². The normalized spacial score (nSPS) is 11.8. The van der Waals surface area contributed by atoms with Gasteiger partial charge in [0.25, 0.3) is 5.91 Å². The second-order valence-corrected chi connectivity index (χ2v) is 6.51. The van der Waals surface area contributed by atoms with E-state index in [1.165, 1.54) is 41.6 Å². The molecule has 2 aromatic heterocycles. The van der Waals surface area contributed by atoms with Crippen molar-refractivity contribution in [3.8, 4) is 0 Å². The number of fused-ring (bicyclic) bond motifs is 1. The summed E-state index contributed by atoms with van der Waals surface area (Å²) in [5.74, 6) is -1.04. The second kappa shape index (κ2) is 6.74. The fourth-order valence-corrected chi connectivity index (χ4v) is 3.07. The molecule has 0 atom stereocenters. The fraction of sp³-hybridized carbons (Fsp3) is 0.263. The highest BCUT2D eigenvalue weighted by atomic mass is 19.4. The van der Waals surface area contributed by atoms with Crippen LogP contribution in [0.15, 0.2) is 34.7 Å². The van der Waals surface area contributed by atoms with E-state index in [2.05, 4.69) is 0 Å². The highest BCUT2D eigenvalue weighted by Crippen LogP contribution is 2.32. The summed E-state index contributed by atoms with van der Waals surface area (Å²) in [6.07, 6.45) is -4.47. The third-order valence-electron chi connectivity index (χ3n) is 4.53. The lowest BCUT2D eigenvalue weighted by atomic mass is 10.1. The predicted molar refractivity (Wildman–Crippen MR) is 94.1 cm³/mol. The maximum absolute atomic E-state index is 12.9. The van der Waals surface area contributed by atoms with Gasteiger partial charge >= 0.3 is 12.1 Å². The number of rotatable bonds is 4. The van der Waals surface area contributed by atoms with Gasteiger partial charge < -0.3 is 19.0 Å². The molecule has 1 aromatic carbocycles. The Labute approximate surface area is 157 Å². The van der Waals surface area contributed by atoms with Crippen molar-refractivity contribution < 1.29 is 32.3 Å². The van der Waals surface area contributed by atoms with Crippen LogP contribution in [0.3, 0.4) is 0 Å². The number of furan rings is 1. The van der Waals surface area contributed by atoms with E-state index in [4.69, 9.17) is 9.52 Å². The molecular formula is C19H17F3N2O4. The molecule has 0 fully saturated rings. The molecule has 3 rings (SSSR count). The molecule has 0 aliphatic heterocycles. The first-order chi connectivity index (χ1) is 13.0. The molecule has 3 aromatic rings. The number of carbonyl (C=O) groups is 2. The molecule has 0 aliphatic rings. The Morgan fingerprint density at radius 3 is 2.46 bits per heavy atom. The SMILES string of the molecule is Cc1oc(CN(C)C(=O)c2cc3cc(C(F)(F)F)ccc3n2C)cc1C(=O)O. The monoisotopic (exact) mass is 394 g/mol. The van der Waals surface area contributed by atoms with Crippen molar-refractivity contribution in [1.82, 2.24) is 9.47 Å². The van der Waals surface area contributed by atoms with Crippen LogP contribution < -0.4 is 0 Å². The van der Waals surface area contributed by atoms with E-state index in [1.54, 1.807) is 7.05 Å². The molecule has 148 valence electrons. The number of hydrogen-bond acceptors (Lipinski definition) is 3. The summed E-state index contributed by atoms with van der Waals surface area (Å²) in [6.45, 7) is 1.53. The Bertz CT molecular complexity index is 1080. The Hall–Kier alpha value is -3.23. The lowest BCUT2D eigenvalue weighted by Crippen LogP contribution is -2.27. The zero-order chi connectivity index (χ0) is 20.8. The molecule has 1 N–H and O–H groups in total. The van der Waals surface area contributed by atoms with Gasteiger partial charge in [-0.2, -0.15) is 13.2 Å². The average molecular weight is 394 g/mol. The van der Waals surface area contributed by atoms with Crippen LogP contribution in [0.1, 0.15) is 37.9 Å². The van der Waals surface area contributed by atoms with Gasteiger partial charge in [0.15, 0.2) is 0 Å². The Morgan fingerprint density at radius 1 is 1.21 bits per heavy atom. The first-order valence-electron chi connectivity index (χ1n) is 8.23. The molecule has 6 nitrogen and oxygen atoms in total. The number of aryl methyl sites for hydroxylation is 2. The molecule has 0 spiro atoms. The summed E-state index contributed by atoms with van der Waals surface area (Å²) < 4.78 is 45.6. The van der Waals surface area contributed by atoms with Gasteiger partial charge in [-0.05, 0) is 37.3 Å². The number of carboxylic acid groups (broad SMARTS) is 1. The summed E-state index contributed by atoms with van der Waals surface area (Å²) in [4.78, 5) is 25.2. The number of halogens is 3. The molecule has 28 heavy (non-hydrogen) atoms. The van der Waals surface area contributed by atoms with Crippen LogP contribution in [0.4, 0.5) is 13.2 Å². The highest BCUT2D eigenvalue weighted by molar-refractivity contribution is 5.98. The van der Waals surface area contributed by atoms with Gasteiger partial charge in [-0.1, -0.05) is 0 Å². The summed E-state index contributed by atoms with van der Waals surface area (Å²) in [7, 11) is 3.09. The Morgan fingerprint density at radius 2 is 1.89 bits per heavy atom. The number of amides is 1. The molecule has 0 bridgehead atoms. The van der Waals surface area contributed by atoms with E-state index in [0.717, 1.165) is 12.1 Å². The van der Waals surface area contributed by atoms with Gasteiger partial charge in [-0.15, -0.1) is 0 Å². The summed E-state index contributed by atoms with van der Waals surface area (Å²) >= 11 is 0. The van der Waals surface area contributed by atoms with Gasteiger partial charge in [-0.3, -0.25) is 4.79 Å². The fourth-order valence-electron chi connectivity index (χ4n) is 3.07. The minimum absolute atomic E-state index is 0.0140. The van der Waals surface area contributed by atoms with Crippen LogP contribution in [-0.4, -0.2) is 33.5 Å². The van der Waals surface area contributed by atoms with Crippen molar-refractivity contribution in [2.75, 3.05) is 7.05 Å². The lowest BCUT2D eigenvalue weighted by Gasteiger charge is -2.16. The molecule has 1 amide bonds. The van der Waals surface area contributed by atoms with E-state index in [1.807, 2.05) is 0 Å². The minimum atomic E-state index is -4.47. The molecule has 0 saturated heterocycles. The van der Waals surface area contributed by atoms with Crippen molar-refractivity contribution in [2.45, 2.75) is 19.6 Å². The number of aromatic nitrogens is 1. The largest absolute Gasteiger partial charge is 0.478 e. The molecule has 0 aliphatic carbocycles. The zero-order valence-corrected chi connectivity index (χ0v) is 15.3. The number of carboxylic acids is 1. The van der Waals surface area contributed by atoms with Crippen LogP contribution in [0.2, 0.25) is 0 Å². The van der Waals surface area contributed by atoms with Gasteiger partial charge in [-0.25, -0.2) is 4.79 Å². The number of carbonyl (C=O) groups excluding carboxylic acids is 1. The van der Waals surface area contributed by atoms with Crippen LogP contribution in [0, 0.1) is 6.92 Å². The lowest BCUT2D eigenvalue weighted by molar-refractivity contribution is -0.137. The zero-order valence-electron chi connectivity index (χ0n) is 15.3. The van der Waals surface area contributed by atoms with E-state index in [-0.39, 0.29) is 23.6 Å². The third kappa shape index (κ3) is 3.47. The third-order valence-corrected chi connectivity index (χ3v) is 4.53. The Kier molecular flexibility index (Phi) is 4.70. The first-order valence-corrected chi connectivity index (χ1v) is 8.23. The first kappa shape index (κ1) is 19.5. The van der Waals surface area contributed by atoms with E-state index >= 15 is 0 Å². The number of hydrogen-bond donors (Lipinski definition) is 1. The van der Waals surface area contributed by atoms with Crippen molar-refractivity contribution in [3.63, 3.8) is 0 Å². The topological polar surface area (TPSA) is 75.7 Å². The van der Waals surface area contributed by atoms with Gasteiger partial charge in [0.2, 0.25) is 0 Å². The van der Waals surface area contributed by atoms with E-state index < -0.39 is 23.6 Å². The number of aromatic carboxylic acids is 1.